The summed E-state index contributed by atoms with van der Waals surface area (Å²) in [5.74, 6) is -3.31. The number of nitrogens with one attached hydrogen (secondary N) is 1. The molecule has 0 bridgehead atoms. The molecule has 2 fully saturated rings. The van der Waals surface area contributed by atoms with E-state index in [1.165, 1.54) is 11.1 Å². The normalized spacial score (nSPS) is 21.0. The van der Waals surface area contributed by atoms with Gasteiger partial charge in [0.05, 0.1) is 24.3 Å². The molecule has 2 aliphatic rings. The Morgan fingerprint density at radius 1 is 1.16 bits per heavy atom. The van der Waals surface area contributed by atoms with E-state index in [1.54, 1.807) is 11.9 Å². The highest BCUT2D eigenvalue weighted by atomic mass is 19.4. The molecule has 240 valence electrons. The van der Waals surface area contributed by atoms with Gasteiger partial charge in [-0.05, 0) is 42.0 Å². The van der Waals surface area contributed by atoms with Gasteiger partial charge in [0.15, 0.2) is 6.19 Å². The Morgan fingerprint density at radius 3 is 2.27 bits per heavy atom. The van der Waals surface area contributed by atoms with Crippen LogP contribution in [-0.2, 0) is 21.2 Å². The van der Waals surface area contributed by atoms with Crippen molar-refractivity contribution in [1.29, 1.82) is 5.26 Å². The van der Waals surface area contributed by atoms with E-state index in [4.69, 9.17) is 10.4 Å². The van der Waals surface area contributed by atoms with Crippen LogP contribution in [0.25, 0.3) is 0 Å². The number of amides is 1. The molecule has 4 rings (SSSR count). The maximum absolute atomic E-state index is 13.5. The molecule has 1 saturated heterocycles. The highest BCUT2D eigenvalue weighted by Crippen LogP contribution is 2.35. The first-order chi connectivity index (χ1) is 20.4. The van der Waals surface area contributed by atoms with E-state index in [0.29, 0.717) is 31.1 Å². The molecule has 1 aliphatic carbocycles. The minimum atomic E-state index is -4.62. The van der Waals surface area contributed by atoms with Crippen molar-refractivity contribution in [1.82, 2.24) is 15.2 Å². The monoisotopic (exact) mass is 623 g/mol. The molecule has 2 aromatic rings. The van der Waals surface area contributed by atoms with Crippen molar-refractivity contribution in [2.75, 3.05) is 18.5 Å². The second-order valence-electron chi connectivity index (χ2n) is 12.3. The zero-order valence-electron chi connectivity index (χ0n) is 25.1. The van der Waals surface area contributed by atoms with Crippen LogP contribution >= 0.6 is 0 Å². The molecule has 2 heterocycles. The summed E-state index contributed by atoms with van der Waals surface area (Å²) in [5.41, 5.74) is 0.699. The number of carbonyl (C=O) groups is 2. The van der Waals surface area contributed by atoms with Gasteiger partial charge >= 0.3 is 6.18 Å². The van der Waals surface area contributed by atoms with Crippen molar-refractivity contribution in [2.45, 2.75) is 94.6 Å². The molecule has 3 atom stereocenters. The lowest BCUT2D eigenvalue weighted by Crippen LogP contribution is -2.46. The molecular weight excluding hydrogens is 585 g/mol. The smallest absolute Gasteiger partial charge is 0.391 e. The first-order valence-electron chi connectivity index (χ1n) is 14.3. The Bertz CT molecular complexity index is 1310. The molecule has 13 heteroatoms. The number of likely N-dealkylation sites (tertiary alicyclic amines) is 1. The van der Waals surface area contributed by atoms with Gasteiger partial charge in [0.2, 0.25) is 11.8 Å². The fourth-order valence-corrected chi connectivity index (χ4v) is 5.21. The maximum atomic E-state index is 13.5. The summed E-state index contributed by atoms with van der Waals surface area (Å²) in [6.07, 6.45) is -0.738. The van der Waals surface area contributed by atoms with Gasteiger partial charge in [-0.2, -0.15) is 18.4 Å². The number of carbonyl (C=O) groups excluding carboxylic acids is 2. The van der Waals surface area contributed by atoms with E-state index in [0.717, 1.165) is 11.6 Å². The summed E-state index contributed by atoms with van der Waals surface area (Å²) in [6, 6.07) is 6.35. The lowest BCUT2D eigenvalue weighted by Gasteiger charge is -2.34. The van der Waals surface area contributed by atoms with Gasteiger partial charge in [-0.25, -0.2) is 8.78 Å². The molecule has 1 saturated carbocycles. The number of aromatic nitrogens is 1. The number of β-amino-alcohol motifs (C(OH)–C–C–N with tert-alkyl or cyclic N) is 1. The number of hydrogen-bond donors (Lipinski definition) is 2. The molecule has 1 aliphatic heterocycles. The third-order valence-corrected chi connectivity index (χ3v) is 7.85. The molecule has 0 radical (unpaired) electrons. The topological polar surface area (TPSA) is 110 Å². The summed E-state index contributed by atoms with van der Waals surface area (Å²) in [4.78, 5) is 30.1. The quantitative estimate of drug-likeness (QED) is 0.253. The number of aliphatic hydroxyl groups excluding tert-OH is 1. The van der Waals surface area contributed by atoms with Crippen LogP contribution in [-0.4, -0.2) is 64.9 Å². The van der Waals surface area contributed by atoms with E-state index >= 15 is 0 Å². The van der Waals surface area contributed by atoms with Crippen LogP contribution < -0.4 is 10.2 Å². The predicted octanol–water partition coefficient (Wildman–Crippen LogP) is 5.37. The van der Waals surface area contributed by atoms with Crippen LogP contribution in [0.2, 0.25) is 0 Å². The standard InChI is InChI=1S/C25H30F5N3O.C6H8N2O2/c1-23(2,3)17-5-7-20(8-6-17)33(4)21(16-13-18(15-31-14-16)25(28,29)30)22(34)32-19-9-11-24(26,27)12-10-19;7-4-8-2-6(10)1-5(8)3-9/h5-8,13-15,19,21H,9-12H2,1-4H3,(H,32,34);3,5-6,10H,1-2H2. The second-order valence-corrected chi connectivity index (χ2v) is 12.3. The number of aldehydes is 1. The first kappa shape index (κ1) is 34.7. The molecule has 1 amide bonds. The molecule has 8 nitrogen and oxygen atoms in total. The Morgan fingerprint density at radius 2 is 1.77 bits per heavy atom. The van der Waals surface area contributed by atoms with Crippen molar-refractivity contribution in [2.24, 2.45) is 0 Å². The third kappa shape index (κ3) is 9.11. The average molecular weight is 624 g/mol. The van der Waals surface area contributed by atoms with Crippen molar-refractivity contribution < 1.29 is 36.6 Å². The number of nitriles is 1. The average Bonchev–Trinajstić information content (AvgIpc) is 3.33. The molecular formula is C31H38F5N5O3. The number of alkyl halides is 5. The molecule has 3 unspecified atom stereocenters. The number of benzene rings is 1. The first-order valence-corrected chi connectivity index (χ1v) is 14.3. The highest BCUT2D eigenvalue weighted by Gasteiger charge is 2.38. The minimum Gasteiger partial charge on any atom is -0.391 e. The molecule has 1 aromatic heterocycles. The lowest BCUT2D eigenvalue weighted by molar-refractivity contribution is -0.138. The summed E-state index contributed by atoms with van der Waals surface area (Å²) >= 11 is 0. The number of likely N-dealkylation sites (N-methyl/N-ethyl adjacent to an activating group) is 1. The molecule has 0 spiro atoms. The number of anilines is 1. The molecule has 1 aromatic carbocycles. The van der Waals surface area contributed by atoms with Gasteiger partial charge in [0, 0.05) is 56.0 Å². The van der Waals surface area contributed by atoms with Crippen molar-refractivity contribution in [3.8, 4) is 6.19 Å². The number of halogens is 5. The molecule has 44 heavy (non-hydrogen) atoms. The van der Waals surface area contributed by atoms with E-state index < -0.39 is 47.8 Å². The van der Waals surface area contributed by atoms with Crippen LogP contribution in [0.4, 0.5) is 27.6 Å². The minimum absolute atomic E-state index is 0.0656. The Labute approximate surface area is 253 Å². The highest BCUT2D eigenvalue weighted by molar-refractivity contribution is 5.87. The Balaban J connectivity index is 0.000000448. The number of pyridine rings is 1. The summed E-state index contributed by atoms with van der Waals surface area (Å²) in [6.45, 7) is 6.47. The van der Waals surface area contributed by atoms with Crippen LogP contribution in [0.3, 0.4) is 0 Å². The second kappa shape index (κ2) is 13.9. The van der Waals surface area contributed by atoms with Gasteiger partial charge < -0.3 is 20.1 Å². The maximum Gasteiger partial charge on any atom is 0.417 e. The number of nitrogens with zero attached hydrogens (tertiary/aromatic N) is 4. The number of hydrogen-bond acceptors (Lipinski definition) is 7. The number of rotatable bonds is 6. The zero-order valence-corrected chi connectivity index (χ0v) is 25.1. The summed E-state index contributed by atoms with van der Waals surface area (Å²) < 4.78 is 67.0. The van der Waals surface area contributed by atoms with Crippen LogP contribution in [0.5, 0.6) is 0 Å². The number of aliphatic hydroxyl groups is 1. The Hall–Kier alpha value is -3.79. The van der Waals surface area contributed by atoms with Crippen LogP contribution in [0.15, 0.2) is 42.7 Å². The Kier molecular flexibility index (Phi) is 10.9. The van der Waals surface area contributed by atoms with Crippen LogP contribution in [0, 0.1) is 11.5 Å². The molecule has 2 N–H and O–H groups in total. The summed E-state index contributed by atoms with van der Waals surface area (Å²) in [5, 5.41) is 20.1. The van der Waals surface area contributed by atoms with Crippen molar-refractivity contribution in [3.05, 3.63) is 59.4 Å². The van der Waals surface area contributed by atoms with Crippen molar-refractivity contribution >= 4 is 17.9 Å². The fraction of sp³-hybridized carbons (Fsp3) is 0.548. The fourth-order valence-electron chi connectivity index (χ4n) is 5.21. The zero-order chi connectivity index (χ0) is 32.9. The van der Waals surface area contributed by atoms with Crippen LogP contribution in [0.1, 0.15) is 75.6 Å². The van der Waals surface area contributed by atoms with Gasteiger partial charge in [-0.1, -0.05) is 32.9 Å². The van der Waals surface area contributed by atoms with Gasteiger partial charge in [0.1, 0.15) is 12.3 Å². The SMILES string of the molecule is CN(c1ccc(C(C)(C)C)cc1)C(C(=O)NC1CCC(F)(F)CC1)c1cncc(C(F)(F)F)c1.N#CN1CC(O)CC1C=O. The van der Waals surface area contributed by atoms with Gasteiger partial charge in [0.25, 0.3) is 0 Å². The van der Waals surface area contributed by atoms with E-state index in [2.05, 4.69) is 31.1 Å². The van der Waals surface area contributed by atoms with E-state index in [-0.39, 0.29) is 36.7 Å². The van der Waals surface area contributed by atoms with E-state index in [1.807, 2.05) is 30.5 Å². The van der Waals surface area contributed by atoms with Crippen molar-refractivity contribution in [3.63, 3.8) is 0 Å². The third-order valence-electron chi connectivity index (χ3n) is 7.85. The van der Waals surface area contributed by atoms with E-state index in [9.17, 15) is 31.5 Å². The predicted molar refractivity (Wildman–Crippen MR) is 154 cm³/mol. The van der Waals surface area contributed by atoms with Gasteiger partial charge in [-0.15, -0.1) is 0 Å². The largest absolute Gasteiger partial charge is 0.417 e. The summed E-state index contributed by atoms with van der Waals surface area (Å²) in [7, 11) is 1.62. The van der Waals surface area contributed by atoms with Gasteiger partial charge in [-0.3, -0.25) is 14.7 Å². The lowest BCUT2D eigenvalue weighted by atomic mass is 9.87.